The van der Waals surface area contributed by atoms with Crippen LogP contribution in [-0.2, 0) is 0 Å². The van der Waals surface area contributed by atoms with Gasteiger partial charge >= 0.3 is 0 Å². The number of hydrogen-bond acceptors (Lipinski definition) is 3. The molecule has 0 aliphatic carbocycles. The highest BCUT2D eigenvalue weighted by atomic mass is 79.9. The fourth-order valence-electron chi connectivity index (χ4n) is 2.38. The van der Waals surface area contributed by atoms with Gasteiger partial charge in [-0.05, 0) is 19.1 Å². The van der Waals surface area contributed by atoms with Crippen molar-refractivity contribution in [1.29, 1.82) is 0 Å². The van der Waals surface area contributed by atoms with E-state index in [4.69, 9.17) is 9.15 Å². The maximum Gasteiger partial charge on any atom is 0.193 e. The molecule has 0 unspecified atom stereocenters. The van der Waals surface area contributed by atoms with Gasteiger partial charge in [-0.2, -0.15) is 0 Å². The zero-order valence-corrected chi connectivity index (χ0v) is 13.7. The van der Waals surface area contributed by atoms with Crippen LogP contribution in [0.3, 0.4) is 0 Å². The molecule has 0 radical (unpaired) electrons. The van der Waals surface area contributed by atoms with Crippen molar-refractivity contribution in [3.63, 3.8) is 0 Å². The molecule has 1 heterocycles. The summed E-state index contributed by atoms with van der Waals surface area (Å²) in [5, 5.41) is 1.32. The highest BCUT2D eigenvalue weighted by Crippen LogP contribution is 2.29. The quantitative estimate of drug-likeness (QED) is 0.642. The van der Waals surface area contributed by atoms with Crippen LogP contribution < -0.4 is 10.2 Å². The molecule has 1 aromatic heterocycles. The third-order valence-corrected chi connectivity index (χ3v) is 3.81. The molecule has 0 aliphatic heterocycles. The van der Waals surface area contributed by atoms with Gasteiger partial charge in [-0.25, -0.2) is 0 Å². The number of benzene rings is 2. The molecule has 0 aliphatic rings. The zero-order chi connectivity index (χ0) is 15.5. The van der Waals surface area contributed by atoms with Crippen LogP contribution in [0.2, 0.25) is 0 Å². The Morgan fingerprint density at radius 2 is 1.91 bits per heavy atom. The molecule has 0 saturated carbocycles. The number of alkyl halides is 1. The van der Waals surface area contributed by atoms with E-state index in [1.807, 2.05) is 43.3 Å². The Bertz CT molecular complexity index is 853. The Labute approximate surface area is 136 Å². The van der Waals surface area contributed by atoms with Gasteiger partial charge in [0.2, 0.25) is 0 Å². The van der Waals surface area contributed by atoms with Gasteiger partial charge in [-0.1, -0.05) is 46.3 Å². The van der Waals surface area contributed by atoms with Crippen LogP contribution in [0.5, 0.6) is 5.75 Å². The van der Waals surface area contributed by atoms with Gasteiger partial charge in [0.05, 0.1) is 12.0 Å². The molecule has 0 N–H and O–H groups in total. The van der Waals surface area contributed by atoms with Gasteiger partial charge in [0, 0.05) is 22.5 Å². The maximum atomic E-state index is 12.3. The Morgan fingerprint density at radius 1 is 1.14 bits per heavy atom. The summed E-state index contributed by atoms with van der Waals surface area (Å²) in [6.45, 7) is 2.47. The summed E-state index contributed by atoms with van der Waals surface area (Å²) in [5.74, 6) is 1.30. The molecule has 0 spiro atoms. The molecule has 0 saturated heterocycles. The average Bonchev–Trinajstić information content (AvgIpc) is 2.55. The van der Waals surface area contributed by atoms with Crippen LogP contribution in [0.1, 0.15) is 5.56 Å². The van der Waals surface area contributed by atoms with Crippen LogP contribution in [0, 0.1) is 6.92 Å². The Morgan fingerprint density at radius 3 is 2.64 bits per heavy atom. The summed E-state index contributed by atoms with van der Waals surface area (Å²) < 4.78 is 11.7. The number of hydrogen-bond donors (Lipinski definition) is 0. The summed E-state index contributed by atoms with van der Waals surface area (Å²) in [4.78, 5) is 12.3. The second-order valence-corrected chi connectivity index (χ2v) is 5.74. The summed E-state index contributed by atoms with van der Waals surface area (Å²) >= 11 is 3.34. The summed E-state index contributed by atoms with van der Waals surface area (Å²) in [6, 6.07) is 14.7. The molecule has 22 heavy (non-hydrogen) atoms. The Balaban J connectivity index is 2.19. The van der Waals surface area contributed by atoms with Crippen LogP contribution in [0.4, 0.5) is 0 Å². The van der Waals surface area contributed by atoms with E-state index in [0.29, 0.717) is 23.3 Å². The van der Waals surface area contributed by atoms with E-state index in [2.05, 4.69) is 15.9 Å². The van der Waals surface area contributed by atoms with Crippen LogP contribution >= 0.6 is 15.9 Å². The highest BCUT2D eigenvalue weighted by Gasteiger charge is 2.12. The summed E-state index contributed by atoms with van der Waals surface area (Å²) in [5.41, 5.74) is 2.26. The fraction of sp³-hybridized carbons (Fsp3) is 0.167. The molecule has 4 heteroatoms. The summed E-state index contributed by atoms with van der Waals surface area (Å²) in [6.07, 6.45) is 0. The second kappa shape index (κ2) is 6.36. The molecule has 3 aromatic rings. The van der Waals surface area contributed by atoms with Crippen LogP contribution in [-0.4, -0.2) is 11.9 Å². The lowest BCUT2D eigenvalue weighted by atomic mass is 10.1. The van der Waals surface area contributed by atoms with Crippen molar-refractivity contribution < 1.29 is 9.15 Å². The predicted octanol–water partition coefficient (Wildman–Crippen LogP) is 4.54. The SMILES string of the molecule is Cc1c(OCCBr)ccc2c(=O)cc(-c3ccccc3)oc12. The molecule has 0 atom stereocenters. The van der Waals surface area contributed by atoms with Crippen molar-refractivity contribution in [2.45, 2.75) is 6.92 Å². The molecule has 0 fully saturated rings. The van der Waals surface area contributed by atoms with Gasteiger partial charge in [0.1, 0.15) is 17.1 Å². The Kier molecular flexibility index (Phi) is 4.29. The first-order valence-electron chi connectivity index (χ1n) is 7.02. The van der Waals surface area contributed by atoms with Crippen molar-refractivity contribution >= 4 is 26.9 Å². The molecule has 2 aromatic carbocycles. The van der Waals surface area contributed by atoms with E-state index in [0.717, 1.165) is 22.2 Å². The second-order valence-electron chi connectivity index (χ2n) is 4.94. The minimum Gasteiger partial charge on any atom is -0.492 e. The van der Waals surface area contributed by atoms with Crippen molar-refractivity contribution in [1.82, 2.24) is 0 Å². The maximum absolute atomic E-state index is 12.3. The highest BCUT2D eigenvalue weighted by molar-refractivity contribution is 9.09. The largest absolute Gasteiger partial charge is 0.492 e. The normalized spacial score (nSPS) is 10.8. The third kappa shape index (κ3) is 2.79. The smallest absolute Gasteiger partial charge is 0.193 e. The van der Waals surface area contributed by atoms with Gasteiger partial charge in [0.15, 0.2) is 5.43 Å². The number of ether oxygens (including phenoxy) is 1. The van der Waals surface area contributed by atoms with Gasteiger partial charge in [0.25, 0.3) is 0 Å². The molecule has 0 amide bonds. The van der Waals surface area contributed by atoms with E-state index < -0.39 is 0 Å². The summed E-state index contributed by atoms with van der Waals surface area (Å²) in [7, 11) is 0. The molecule has 112 valence electrons. The van der Waals surface area contributed by atoms with E-state index in [1.165, 1.54) is 6.07 Å². The third-order valence-electron chi connectivity index (χ3n) is 3.49. The van der Waals surface area contributed by atoms with Crippen molar-refractivity contribution in [3.05, 3.63) is 64.3 Å². The first kappa shape index (κ1) is 14.9. The van der Waals surface area contributed by atoms with Gasteiger partial charge in [-0.15, -0.1) is 0 Å². The lowest BCUT2D eigenvalue weighted by Gasteiger charge is -2.10. The van der Waals surface area contributed by atoms with Crippen LogP contribution in [0.15, 0.2) is 57.7 Å². The van der Waals surface area contributed by atoms with E-state index in [1.54, 1.807) is 6.07 Å². The lowest BCUT2D eigenvalue weighted by molar-refractivity contribution is 0.342. The zero-order valence-electron chi connectivity index (χ0n) is 12.1. The number of halogens is 1. The van der Waals surface area contributed by atoms with E-state index >= 15 is 0 Å². The first-order chi connectivity index (χ1) is 10.7. The fourth-order valence-corrected chi connectivity index (χ4v) is 2.55. The minimum atomic E-state index is -0.0461. The average molecular weight is 359 g/mol. The van der Waals surface area contributed by atoms with E-state index in [9.17, 15) is 4.79 Å². The van der Waals surface area contributed by atoms with Crippen molar-refractivity contribution in [2.24, 2.45) is 0 Å². The topological polar surface area (TPSA) is 39.4 Å². The van der Waals surface area contributed by atoms with Crippen molar-refractivity contribution in [3.8, 4) is 17.1 Å². The Hall–Kier alpha value is -2.07. The molecule has 0 bridgehead atoms. The monoisotopic (exact) mass is 358 g/mol. The predicted molar refractivity (Wildman–Crippen MR) is 91.9 cm³/mol. The molecule has 3 rings (SSSR count). The number of fused-ring (bicyclic) bond motifs is 1. The molecular formula is C18H15BrO3. The molecule has 3 nitrogen and oxygen atoms in total. The van der Waals surface area contributed by atoms with Crippen LogP contribution in [0.25, 0.3) is 22.3 Å². The molecular weight excluding hydrogens is 344 g/mol. The number of rotatable bonds is 4. The van der Waals surface area contributed by atoms with Gasteiger partial charge < -0.3 is 9.15 Å². The lowest BCUT2D eigenvalue weighted by Crippen LogP contribution is -2.04. The standard InChI is InChI=1S/C18H15BrO3/c1-12-16(21-10-9-19)8-7-14-15(20)11-17(22-18(12)14)13-5-3-2-4-6-13/h2-8,11H,9-10H2,1H3. The van der Waals surface area contributed by atoms with Gasteiger partial charge in [-0.3, -0.25) is 4.79 Å². The first-order valence-corrected chi connectivity index (χ1v) is 8.14. The minimum absolute atomic E-state index is 0.0461. The number of aryl methyl sites for hydroxylation is 1. The van der Waals surface area contributed by atoms with Crippen molar-refractivity contribution in [2.75, 3.05) is 11.9 Å². The van der Waals surface area contributed by atoms with E-state index in [-0.39, 0.29) is 5.43 Å².